The van der Waals surface area contributed by atoms with Crippen molar-refractivity contribution in [2.45, 2.75) is 6.42 Å². The lowest BCUT2D eigenvalue weighted by Crippen LogP contribution is -2.37. The predicted molar refractivity (Wildman–Crippen MR) is 103 cm³/mol. The number of carbonyl (C=O) groups excluding carboxylic acids is 1. The van der Waals surface area contributed by atoms with Gasteiger partial charge in [-0.2, -0.15) is 0 Å². The maximum Gasteiger partial charge on any atom is 0.255 e. The molecule has 0 aliphatic heterocycles. The first-order chi connectivity index (χ1) is 11.2. The summed E-state index contributed by atoms with van der Waals surface area (Å²) in [6.07, 6.45) is 0.800. The van der Waals surface area contributed by atoms with Crippen LogP contribution in [0.5, 0.6) is 5.75 Å². The highest BCUT2D eigenvalue weighted by molar-refractivity contribution is 9.10. The van der Waals surface area contributed by atoms with Crippen molar-refractivity contribution in [2.24, 2.45) is 5.73 Å². The number of amides is 1. The number of halogens is 2. The van der Waals surface area contributed by atoms with Gasteiger partial charge < -0.3 is 15.4 Å². The van der Waals surface area contributed by atoms with Crippen molar-refractivity contribution in [3.8, 4) is 5.75 Å². The van der Waals surface area contributed by atoms with Crippen LogP contribution in [0.25, 0.3) is 0 Å². The molecule has 0 aliphatic carbocycles. The minimum atomic E-state index is -0.0443. The Bertz CT molecular complexity index is 653. The van der Waals surface area contributed by atoms with Gasteiger partial charge in [-0.15, -0.1) is 12.4 Å². The van der Waals surface area contributed by atoms with Crippen molar-refractivity contribution in [3.63, 3.8) is 0 Å². The molecule has 0 aliphatic rings. The third-order valence-electron chi connectivity index (χ3n) is 3.60. The van der Waals surface area contributed by atoms with Crippen LogP contribution in [-0.2, 0) is 6.42 Å². The van der Waals surface area contributed by atoms with Gasteiger partial charge in [0.05, 0.1) is 12.7 Å². The molecule has 0 heterocycles. The quantitative estimate of drug-likeness (QED) is 0.755. The standard InChI is InChI=1S/C18H21BrN2O2.ClH/c1-23-15-7-8-17(19)16(13-15)18(22)21(12-10-20)11-9-14-5-3-2-4-6-14;/h2-8,13H,9-12,20H2,1H3;1H. The number of hydrogen-bond acceptors (Lipinski definition) is 3. The summed E-state index contributed by atoms with van der Waals surface area (Å²) in [7, 11) is 1.59. The van der Waals surface area contributed by atoms with Crippen LogP contribution in [0.2, 0.25) is 0 Å². The molecule has 0 saturated carbocycles. The molecule has 0 saturated heterocycles. The van der Waals surface area contributed by atoms with E-state index < -0.39 is 0 Å². The second-order valence-corrected chi connectivity index (χ2v) is 6.02. The monoisotopic (exact) mass is 412 g/mol. The van der Waals surface area contributed by atoms with Gasteiger partial charge in [-0.25, -0.2) is 0 Å². The first-order valence-electron chi connectivity index (χ1n) is 7.52. The minimum absolute atomic E-state index is 0. The van der Waals surface area contributed by atoms with E-state index in [0.29, 0.717) is 30.9 Å². The number of ether oxygens (including phenoxy) is 1. The van der Waals surface area contributed by atoms with Gasteiger partial charge in [-0.1, -0.05) is 30.3 Å². The van der Waals surface area contributed by atoms with Gasteiger partial charge in [0.1, 0.15) is 5.75 Å². The number of hydrogen-bond donors (Lipinski definition) is 1. The van der Waals surface area contributed by atoms with Gasteiger partial charge in [-0.3, -0.25) is 4.79 Å². The summed E-state index contributed by atoms with van der Waals surface area (Å²) in [6.45, 7) is 1.58. The molecule has 0 radical (unpaired) electrons. The summed E-state index contributed by atoms with van der Waals surface area (Å²) in [6, 6.07) is 15.5. The van der Waals surface area contributed by atoms with Crippen molar-refractivity contribution in [1.29, 1.82) is 0 Å². The van der Waals surface area contributed by atoms with E-state index in [9.17, 15) is 4.79 Å². The lowest BCUT2D eigenvalue weighted by atomic mass is 10.1. The van der Waals surface area contributed by atoms with Crippen LogP contribution in [-0.4, -0.2) is 37.6 Å². The number of methoxy groups -OCH3 is 1. The van der Waals surface area contributed by atoms with Gasteiger partial charge in [0.15, 0.2) is 0 Å². The van der Waals surface area contributed by atoms with Gasteiger partial charge in [-0.05, 0) is 46.1 Å². The van der Waals surface area contributed by atoms with E-state index in [4.69, 9.17) is 10.5 Å². The molecule has 4 nitrogen and oxygen atoms in total. The second kappa shape index (κ2) is 10.3. The molecule has 6 heteroatoms. The first-order valence-corrected chi connectivity index (χ1v) is 8.32. The molecule has 1 amide bonds. The average Bonchev–Trinajstić information content (AvgIpc) is 2.59. The van der Waals surface area contributed by atoms with Crippen molar-refractivity contribution in [2.75, 3.05) is 26.7 Å². The van der Waals surface area contributed by atoms with Crippen molar-refractivity contribution in [3.05, 3.63) is 64.1 Å². The van der Waals surface area contributed by atoms with Crippen LogP contribution in [0.15, 0.2) is 53.0 Å². The topological polar surface area (TPSA) is 55.6 Å². The Morgan fingerprint density at radius 2 is 1.88 bits per heavy atom. The fourth-order valence-corrected chi connectivity index (χ4v) is 2.76. The van der Waals surface area contributed by atoms with Gasteiger partial charge in [0.25, 0.3) is 5.91 Å². The number of rotatable bonds is 7. The Kier molecular flexibility index (Phi) is 8.82. The van der Waals surface area contributed by atoms with E-state index in [1.807, 2.05) is 30.3 Å². The van der Waals surface area contributed by atoms with Crippen LogP contribution in [0.4, 0.5) is 0 Å². The number of nitrogens with zero attached hydrogens (tertiary/aromatic N) is 1. The Hall–Kier alpha value is -1.56. The van der Waals surface area contributed by atoms with Crippen molar-refractivity contribution < 1.29 is 9.53 Å². The maximum atomic E-state index is 12.8. The Morgan fingerprint density at radius 1 is 1.17 bits per heavy atom. The summed E-state index contributed by atoms with van der Waals surface area (Å²) >= 11 is 3.44. The molecule has 2 rings (SSSR count). The molecule has 2 N–H and O–H groups in total. The number of nitrogens with two attached hydrogens (primary N) is 1. The zero-order valence-electron chi connectivity index (χ0n) is 13.6. The molecule has 0 spiro atoms. The fourth-order valence-electron chi connectivity index (χ4n) is 2.35. The highest BCUT2D eigenvalue weighted by atomic mass is 79.9. The third kappa shape index (κ3) is 5.51. The Morgan fingerprint density at radius 3 is 2.50 bits per heavy atom. The van der Waals surface area contributed by atoms with Crippen LogP contribution in [0, 0.1) is 0 Å². The van der Waals surface area contributed by atoms with E-state index in [2.05, 4.69) is 28.1 Å². The summed E-state index contributed by atoms with van der Waals surface area (Å²) in [5.74, 6) is 0.615. The summed E-state index contributed by atoms with van der Waals surface area (Å²) in [4.78, 5) is 14.6. The maximum absolute atomic E-state index is 12.8. The fraction of sp³-hybridized carbons (Fsp3) is 0.278. The first kappa shape index (κ1) is 20.5. The van der Waals surface area contributed by atoms with E-state index in [0.717, 1.165) is 10.9 Å². The third-order valence-corrected chi connectivity index (χ3v) is 4.29. The normalized spacial score (nSPS) is 9.96. The molecule has 0 fully saturated rings. The molecule has 2 aromatic rings. The lowest BCUT2D eigenvalue weighted by Gasteiger charge is -2.23. The minimum Gasteiger partial charge on any atom is -0.497 e. The van der Waals surface area contributed by atoms with Crippen molar-refractivity contribution in [1.82, 2.24) is 4.90 Å². The highest BCUT2D eigenvalue weighted by Crippen LogP contribution is 2.24. The van der Waals surface area contributed by atoms with E-state index in [1.165, 1.54) is 5.56 Å². The average molecular weight is 414 g/mol. The molecular weight excluding hydrogens is 392 g/mol. The molecule has 2 aromatic carbocycles. The van der Waals surface area contributed by atoms with E-state index >= 15 is 0 Å². The molecule has 0 unspecified atom stereocenters. The van der Waals surface area contributed by atoms with E-state index in [-0.39, 0.29) is 18.3 Å². The lowest BCUT2D eigenvalue weighted by molar-refractivity contribution is 0.0761. The molecular formula is C18H22BrClN2O2. The van der Waals surface area contributed by atoms with Gasteiger partial charge in [0.2, 0.25) is 0 Å². The molecule has 0 bridgehead atoms. The molecule has 0 aromatic heterocycles. The smallest absolute Gasteiger partial charge is 0.255 e. The molecule has 24 heavy (non-hydrogen) atoms. The second-order valence-electron chi connectivity index (χ2n) is 5.16. The molecule has 0 atom stereocenters. The Labute approximate surface area is 157 Å². The zero-order valence-corrected chi connectivity index (χ0v) is 16.0. The predicted octanol–water partition coefficient (Wildman–Crippen LogP) is 3.52. The van der Waals surface area contributed by atoms with Crippen molar-refractivity contribution >= 4 is 34.2 Å². The zero-order chi connectivity index (χ0) is 16.7. The van der Waals surface area contributed by atoms with Crippen LogP contribution >= 0.6 is 28.3 Å². The summed E-state index contributed by atoms with van der Waals surface area (Å²) < 4.78 is 5.97. The van der Waals surface area contributed by atoms with Gasteiger partial charge >= 0.3 is 0 Å². The highest BCUT2D eigenvalue weighted by Gasteiger charge is 2.18. The van der Waals surface area contributed by atoms with Crippen LogP contribution in [0.3, 0.4) is 0 Å². The van der Waals surface area contributed by atoms with Gasteiger partial charge in [0, 0.05) is 24.1 Å². The summed E-state index contributed by atoms with van der Waals surface area (Å²) in [5.41, 5.74) is 7.47. The summed E-state index contributed by atoms with van der Waals surface area (Å²) in [5, 5.41) is 0. The van der Waals surface area contributed by atoms with Crippen LogP contribution < -0.4 is 10.5 Å². The van der Waals surface area contributed by atoms with Crippen LogP contribution in [0.1, 0.15) is 15.9 Å². The SMILES string of the molecule is COc1ccc(Br)c(C(=O)N(CCN)CCc2ccccc2)c1.Cl. The van der Waals surface area contributed by atoms with E-state index in [1.54, 1.807) is 18.1 Å². The number of benzene rings is 2. The largest absolute Gasteiger partial charge is 0.497 e. The number of carbonyl (C=O) groups is 1. The molecule has 130 valence electrons. The Balaban J connectivity index is 0.00000288.